The minimum absolute atomic E-state index is 0.214. The molecule has 1 aliphatic carbocycles. The average molecular weight is 288 g/mol. The van der Waals surface area contributed by atoms with Crippen LogP contribution in [0.25, 0.3) is 11.3 Å². The standard InChI is InChI=1S/C15H16N2O4/c1-19-10-5-6-13(20-2)11(7-10)14-8-12(17-21-14)15(18)16-9-3-4-9/h5-9H,3-4H2,1-2H3,(H,16,18). The van der Waals surface area contributed by atoms with Crippen LogP contribution < -0.4 is 14.8 Å². The summed E-state index contributed by atoms with van der Waals surface area (Å²) >= 11 is 0. The molecule has 1 fully saturated rings. The molecule has 1 amide bonds. The molecule has 1 aliphatic rings. The van der Waals surface area contributed by atoms with Crippen molar-refractivity contribution in [2.24, 2.45) is 0 Å². The topological polar surface area (TPSA) is 73.6 Å². The van der Waals surface area contributed by atoms with Crippen molar-refractivity contribution in [2.75, 3.05) is 14.2 Å². The van der Waals surface area contributed by atoms with Crippen molar-refractivity contribution in [1.29, 1.82) is 0 Å². The van der Waals surface area contributed by atoms with Gasteiger partial charge < -0.3 is 19.3 Å². The summed E-state index contributed by atoms with van der Waals surface area (Å²) in [6.07, 6.45) is 2.06. The number of hydrogen-bond acceptors (Lipinski definition) is 5. The smallest absolute Gasteiger partial charge is 0.273 e. The Labute approximate surface area is 122 Å². The second-order valence-electron chi connectivity index (χ2n) is 4.89. The van der Waals surface area contributed by atoms with Gasteiger partial charge in [0.2, 0.25) is 0 Å². The Morgan fingerprint density at radius 2 is 2.10 bits per heavy atom. The third-order valence-corrected chi connectivity index (χ3v) is 3.33. The fourth-order valence-corrected chi connectivity index (χ4v) is 2.00. The maximum atomic E-state index is 11.9. The molecular formula is C15H16N2O4. The van der Waals surface area contributed by atoms with E-state index < -0.39 is 0 Å². The predicted molar refractivity (Wildman–Crippen MR) is 75.5 cm³/mol. The van der Waals surface area contributed by atoms with Gasteiger partial charge in [-0.2, -0.15) is 0 Å². The van der Waals surface area contributed by atoms with Crippen LogP contribution in [0.2, 0.25) is 0 Å². The van der Waals surface area contributed by atoms with Gasteiger partial charge in [0.25, 0.3) is 5.91 Å². The van der Waals surface area contributed by atoms with Crippen LogP contribution in [0.1, 0.15) is 23.3 Å². The molecular weight excluding hydrogens is 272 g/mol. The number of nitrogens with zero attached hydrogens (tertiary/aromatic N) is 1. The van der Waals surface area contributed by atoms with Gasteiger partial charge in [0.1, 0.15) is 11.5 Å². The van der Waals surface area contributed by atoms with Crippen molar-refractivity contribution >= 4 is 5.91 Å². The number of carbonyl (C=O) groups excluding carboxylic acids is 1. The maximum Gasteiger partial charge on any atom is 0.273 e. The highest BCUT2D eigenvalue weighted by atomic mass is 16.5. The molecule has 0 spiro atoms. The summed E-state index contributed by atoms with van der Waals surface area (Å²) in [6.45, 7) is 0. The van der Waals surface area contributed by atoms with Crippen LogP contribution in [0.5, 0.6) is 11.5 Å². The van der Waals surface area contributed by atoms with Crippen LogP contribution in [0.15, 0.2) is 28.8 Å². The molecule has 21 heavy (non-hydrogen) atoms. The van der Waals surface area contributed by atoms with E-state index in [0.29, 0.717) is 22.8 Å². The van der Waals surface area contributed by atoms with Crippen LogP contribution in [-0.2, 0) is 0 Å². The SMILES string of the molecule is COc1ccc(OC)c(-c2cc(C(=O)NC3CC3)no2)c1. The molecule has 6 heteroatoms. The summed E-state index contributed by atoms with van der Waals surface area (Å²) in [7, 11) is 3.16. The quantitative estimate of drug-likeness (QED) is 0.913. The number of benzene rings is 1. The summed E-state index contributed by atoms with van der Waals surface area (Å²) < 4.78 is 15.8. The van der Waals surface area contributed by atoms with Crippen molar-refractivity contribution in [3.05, 3.63) is 30.0 Å². The van der Waals surface area contributed by atoms with Gasteiger partial charge in [-0.1, -0.05) is 5.16 Å². The monoisotopic (exact) mass is 288 g/mol. The van der Waals surface area contributed by atoms with E-state index >= 15 is 0 Å². The fourth-order valence-electron chi connectivity index (χ4n) is 2.00. The first-order valence-corrected chi connectivity index (χ1v) is 6.71. The zero-order valence-electron chi connectivity index (χ0n) is 11.9. The van der Waals surface area contributed by atoms with Gasteiger partial charge >= 0.3 is 0 Å². The second-order valence-corrected chi connectivity index (χ2v) is 4.89. The van der Waals surface area contributed by atoms with E-state index in [1.165, 1.54) is 0 Å². The van der Waals surface area contributed by atoms with Gasteiger partial charge in [-0.15, -0.1) is 0 Å². The van der Waals surface area contributed by atoms with Crippen molar-refractivity contribution in [1.82, 2.24) is 10.5 Å². The first kappa shape index (κ1) is 13.5. The van der Waals surface area contributed by atoms with Gasteiger partial charge in [0.15, 0.2) is 11.5 Å². The molecule has 110 valence electrons. The molecule has 1 N–H and O–H groups in total. The first-order valence-electron chi connectivity index (χ1n) is 6.71. The molecule has 0 saturated heterocycles. The van der Waals surface area contributed by atoms with Gasteiger partial charge in [-0.25, -0.2) is 0 Å². The predicted octanol–water partition coefficient (Wildman–Crippen LogP) is 2.25. The van der Waals surface area contributed by atoms with Crippen LogP contribution in [0, 0.1) is 0 Å². The molecule has 6 nitrogen and oxygen atoms in total. The summed E-state index contributed by atoms with van der Waals surface area (Å²) in [4.78, 5) is 11.9. The van der Waals surface area contributed by atoms with E-state index in [-0.39, 0.29) is 17.6 Å². The maximum absolute atomic E-state index is 11.9. The zero-order valence-corrected chi connectivity index (χ0v) is 11.9. The summed E-state index contributed by atoms with van der Waals surface area (Å²) in [5.41, 5.74) is 0.955. The summed E-state index contributed by atoms with van der Waals surface area (Å²) in [5, 5.41) is 6.69. The number of carbonyl (C=O) groups is 1. The molecule has 0 aliphatic heterocycles. The lowest BCUT2D eigenvalue weighted by Gasteiger charge is -2.07. The van der Waals surface area contributed by atoms with E-state index in [4.69, 9.17) is 14.0 Å². The molecule has 1 heterocycles. The van der Waals surface area contributed by atoms with Crippen molar-refractivity contribution in [2.45, 2.75) is 18.9 Å². The first-order chi connectivity index (χ1) is 10.2. The lowest BCUT2D eigenvalue weighted by Crippen LogP contribution is -2.25. The van der Waals surface area contributed by atoms with Crippen molar-refractivity contribution < 1.29 is 18.8 Å². The lowest BCUT2D eigenvalue weighted by molar-refractivity contribution is 0.0942. The van der Waals surface area contributed by atoms with Crippen LogP contribution in [-0.4, -0.2) is 31.3 Å². The Hall–Kier alpha value is -2.50. The molecule has 1 aromatic carbocycles. The van der Waals surface area contributed by atoms with E-state index in [2.05, 4.69) is 10.5 Å². The fraction of sp³-hybridized carbons (Fsp3) is 0.333. The average Bonchev–Trinajstić information content (AvgIpc) is 3.18. The Kier molecular flexibility index (Phi) is 3.51. The largest absolute Gasteiger partial charge is 0.497 e. The van der Waals surface area contributed by atoms with Gasteiger partial charge in [-0.3, -0.25) is 4.79 Å². The van der Waals surface area contributed by atoms with E-state index in [0.717, 1.165) is 12.8 Å². The molecule has 0 unspecified atom stereocenters. The highest BCUT2D eigenvalue weighted by Crippen LogP contribution is 2.33. The molecule has 1 saturated carbocycles. The van der Waals surface area contributed by atoms with Crippen molar-refractivity contribution in [3.8, 4) is 22.8 Å². The molecule has 0 radical (unpaired) electrons. The van der Waals surface area contributed by atoms with Gasteiger partial charge in [0, 0.05) is 12.1 Å². The van der Waals surface area contributed by atoms with E-state index in [1.807, 2.05) is 0 Å². The number of ether oxygens (including phenoxy) is 2. The molecule has 2 aromatic rings. The number of amides is 1. The van der Waals surface area contributed by atoms with Crippen LogP contribution in [0.3, 0.4) is 0 Å². The Morgan fingerprint density at radius 3 is 2.76 bits per heavy atom. The number of rotatable bonds is 5. The highest BCUT2D eigenvalue weighted by molar-refractivity contribution is 5.93. The van der Waals surface area contributed by atoms with Gasteiger partial charge in [0.05, 0.1) is 19.8 Å². The number of nitrogens with one attached hydrogen (secondary N) is 1. The molecule has 1 aromatic heterocycles. The Bertz CT molecular complexity index is 661. The minimum atomic E-state index is -0.214. The normalized spacial score (nSPS) is 13.8. The van der Waals surface area contributed by atoms with Crippen LogP contribution >= 0.6 is 0 Å². The summed E-state index contributed by atoms with van der Waals surface area (Å²) in [5.74, 6) is 1.55. The summed E-state index contributed by atoms with van der Waals surface area (Å²) in [6, 6.07) is 7.24. The highest BCUT2D eigenvalue weighted by Gasteiger charge is 2.25. The van der Waals surface area contributed by atoms with Crippen molar-refractivity contribution in [3.63, 3.8) is 0 Å². The lowest BCUT2D eigenvalue weighted by atomic mass is 10.1. The number of hydrogen-bond donors (Lipinski definition) is 1. The number of methoxy groups -OCH3 is 2. The van der Waals surface area contributed by atoms with Crippen LogP contribution in [0.4, 0.5) is 0 Å². The second kappa shape index (κ2) is 5.47. The number of aromatic nitrogens is 1. The van der Waals surface area contributed by atoms with E-state index in [1.54, 1.807) is 38.5 Å². The third-order valence-electron chi connectivity index (χ3n) is 3.33. The zero-order chi connectivity index (χ0) is 14.8. The molecule has 0 bridgehead atoms. The van der Waals surface area contributed by atoms with Gasteiger partial charge in [-0.05, 0) is 31.0 Å². The Morgan fingerprint density at radius 1 is 1.29 bits per heavy atom. The molecule has 0 atom stereocenters. The van der Waals surface area contributed by atoms with E-state index in [9.17, 15) is 4.79 Å². The minimum Gasteiger partial charge on any atom is -0.497 e. The third kappa shape index (κ3) is 2.84. The Balaban J connectivity index is 1.89. The molecule has 3 rings (SSSR count).